The van der Waals surface area contributed by atoms with Crippen molar-refractivity contribution in [2.75, 3.05) is 0 Å². The Kier molecular flexibility index (Phi) is 11.4. The average molecular weight is 409 g/mol. The van der Waals surface area contributed by atoms with Crippen LogP contribution in [-0.4, -0.2) is 3.71 Å². The zero-order chi connectivity index (χ0) is 17.0. The van der Waals surface area contributed by atoms with Gasteiger partial charge in [-0.1, -0.05) is 39.0 Å². The van der Waals surface area contributed by atoms with Crippen molar-refractivity contribution in [1.82, 2.24) is 0 Å². The third-order valence-corrected chi connectivity index (χ3v) is 5.11. The van der Waals surface area contributed by atoms with E-state index in [1.54, 1.807) is 11.1 Å². The quantitative estimate of drug-likeness (QED) is 0.519. The van der Waals surface area contributed by atoms with Crippen molar-refractivity contribution in [3.05, 3.63) is 96.4 Å². The first kappa shape index (κ1) is 21.8. The van der Waals surface area contributed by atoms with Crippen LogP contribution in [0.5, 0.6) is 0 Å². The van der Waals surface area contributed by atoms with Gasteiger partial charge in [0.1, 0.15) is 0 Å². The molecule has 0 N–H and O–H groups in total. The van der Waals surface area contributed by atoms with Gasteiger partial charge in [-0.25, -0.2) is 17.7 Å². The van der Waals surface area contributed by atoms with Gasteiger partial charge in [-0.05, 0) is 0 Å². The van der Waals surface area contributed by atoms with Crippen LogP contribution in [0.15, 0.2) is 66.3 Å². The molecule has 0 radical (unpaired) electrons. The van der Waals surface area contributed by atoms with E-state index in [1.807, 2.05) is 6.07 Å². The Labute approximate surface area is 169 Å². The van der Waals surface area contributed by atoms with Gasteiger partial charge in [-0.15, -0.1) is 6.42 Å². The van der Waals surface area contributed by atoms with Gasteiger partial charge in [0.25, 0.3) is 0 Å². The summed E-state index contributed by atoms with van der Waals surface area (Å²) in [6.45, 7) is 2.16. The molecule has 2 aliphatic rings. The Hall–Kier alpha value is -1.20. The molecule has 0 saturated heterocycles. The van der Waals surface area contributed by atoms with E-state index in [2.05, 4.69) is 71.3 Å². The number of rotatable bonds is 2. The Morgan fingerprint density at radius 3 is 2.40 bits per heavy atom. The minimum Gasteiger partial charge on any atom is -0.210 e. The van der Waals surface area contributed by atoms with E-state index in [-0.39, 0.29) is 7.43 Å². The van der Waals surface area contributed by atoms with Gasteiger partial charge in [-0.3, -0.25) is 6.08 Å². The number of fused-ring (bicyclic) bond motifs is 1. The topological polar surface area (TPSA) is 0 Å². The molecule has 0 saturated carbocycles. The second kappa shape index (κ2) is 13.1. The molecule has 0 heterocycles. The Morgan fingerprint density at radius 1 is 1.12 bits per heavy atom. The molecule has 0 fully saturated rings. The molecule has 0 aliphatic heterocycles. The first-order valence-electron chi connectivity index (χ1n) is 8.88. The number of hydrogen-bond donors (Lipinski definition) is 0. The zero-order valence-corrected chi connectivity index (χ0v) is 18.1. The van der Waals surface area contributed by atoms with Gasteiger partial charge in [0.15, 0.2) is 0 Å². The van der Waals surface area contributed by atoms with Crippen LogP contribution in [0.3, 0.4) is 0 Å². The summed E-state index contributed by atoms with van der Waals surface area (Å²) in [6.07, 6.45) is 15.0. The van der Waals surface area contributed by atoms with Crippen LogP contribution >= 0.6 is 0 Å². The molecule has 0 aromatic heterocycles. The fourth-order valence-electron chi connectivity index (χ4n) is 2.85. The molecule has 4 rings (SSSR count). The number of aryl methyl sites for hydroxylation is 2. The SMILES string of the molecule is CCC1=CC[C-]=C1.[CH3-].[Zr]=[CH]c1ccccc1.c1cc2c([cH-]1)CCCC2. The third kappa shape index (κ3) is 8.15. The summed E-state index contributed by atoms with van der Waals surface area (Å²) < 4.78 is 2.17. The predicted octanol–water partition coefficient (Wildman–Crippen LogP) is 6.20. The molecule has 0 nitrogen and oxygen atoms in total. The second-order valence-corrected chi connectivity index (χ2v) is 6.73. The van der Waals surface area contributed by atoms with E-state index in [0.717, 1.165) is 12.8 Å². The molecule has 132 valence electrons. The molecule has 0 spiro atoms. The van der Waals surface area contributed by atoms with Gasteiger partial charge >= 0.3 is 63.8 Å². The molecule has 0 atom stereocenters. The monoisotopic (exact) mass is 407 g/mol. The van der Waals surface area contributed by atoms with E-state index in [0.29, 0.717) is 0 Å². The fourth-order valence-corrected chi connectivity index (χ4v) is 3.32. The van der Waals surface area contributed by atoms with Crippen LogP contribution in [0, 0.1) is 13.5 Å². The maximum atomic E-state index is 3.11. The average Bonchev–Trinajstić information content (AvgIpc) is 3.35. The number of hydrogen-bond acceptors (Lipinski definition) is 0. The second-order valence-electron chi connectivity index (χ2n) is 6.02. The molecular formula is C24H29Zr-3. The van der Waals surface area contributed by atoms with Gasteiger partial charge in [0.2, 0.25) is 0 Å². The Morgan fingerprint density at radius 2 is 1.88 bits per heavy atom. The van der Waals surface area contributed by atoms with E-state index in [1.165, 1.54) is 61.1 Å². The Bertz CT molecular complexity index is 638. The summed E-state index contributed by atoms with van der Waals surface area (Å²) in [5.74, 6) is 0. The van der Waals surface area contributed by atoms with Gasteiger partial charge < -0.3 is 7.43 Å². The van der Waals surface area contributed by atoms with Crippen LogP contribution in [0.4, 0.5) is 0 Å². The van der Waals surface area contributed by atoms with Gasteiger partial charge in [0.05, 0.1) is 0 Å². The summed E-state index contributed by atoms with van der Waals surface area (Å²) in [6, 6.07) is 17.0. The van der Waals surface area contributed by atoms with Crippen molar-refractivity contribution in [1.29, 1.82) is 0 Å². The van der Waals surface area contributed by atoms with E-state index < -0.39 is 0 Å². The van der Waals surface area contributed by atoms with Crippen molar-refractivity contribution < 1.29 is 24.2 Å². The minimum absolute atomic E-state index is 0. The van der Waals surface area contributed by atoms with Gasteiger partial charge in [0, 0.05) is 0 Å². The van der Waals surface area contributed by atoms with E-state index >= 15 is 0 Å². The maximum absolute atomic E-state index is 3.11. The Balaban J connectivity index is 0.000000186. The summed E-state index contributed by atoms with van der Waals surface area (Å²) in [5, 5.41) is 0. The van der Waals surface area contributed by atoms with Crippen molar-refractivity contribution >= 4 is 3.71 Å². The fraction of sp³-hybridized carbons (Fsp3) is 0.292. The van der Waals surface area contributed by atoms with Crippen molar-refractivity contribution in [2.24, 2.45) is 0 Å². The van der Waals surface area contributed by atoms with Gasteiger partial charge in [-0.2, -0.15) is 29.3 Å². The molecule has 2 aliphatic carbocycles. The smallest absolute Gasteiger partial charge is 0.0512 e. The van der Waals surface area contributed by atoms with Crippen molar-refractivity contribution in [3.63, 3.8) is 0 Å². The summed E-state index contributed by atoms with van der Waals surface area (Å²) in [5.41, 5.74) is 5.95. The number of benzene rings is 1. The van der Waals surface area contributed by atoms with E-state index in [9.17, 15) is 0 Å². The maximum Gasteiger partial charge on any atom is -0.0512 e. The first-order chi connectivity index (χ1) is 11.8. The predicted molar refractivity (Wildman–Crippen MR) is 108 cm³/mol. The minimum atomic E-state index is 0. The molecule has 1 heteroatoms. The normalized spacial score (nSPS) is 13.8. The van der Waals surface area contributed by atoms with Crippen molar-refractivity contribution in [2.45, 2.75) is 45.4 Å². The van der Waals surface area contributed by atoms with Crippen LogP contribution < -0.4 is 0 Å². The number of allylic oxidation sites excluding steroid dienone is 4. The largest absolute Gasteiger partial charge is 0.210 e. The standard InChI is InChI=1S/C9H11.C7H6.C7H9.CH3.Zr/c1-2-5-9-7-3-6-8(9)4-1;1-7-5-3-2-4-6-7;1-2-7-5-3-4-6-7;;/h3,6-7H,1-2,4-5H2;1-6H;5-6H,2-3H2,1H3;1H3;/q-1;;2*-1;. The summed E-state index contributed by atoms with van der Waals surface area (Å²) in [7, 11) is 0. The zero-order valence-electron chi connectivity index (χ0n) is 15.6. The van der Waals surface area contributed by atoms with Crippen LogP contribution in [0.25, 0.3) is 0 Å². The van der Waals surface area contributed by atoms with Crippen LogP contribution in [0.1, 0.15) is 49.3 Å². The molecule has 0 amide bonds. The molecule has 2 aromatic carbocycles. The molecule has 2 aromatic rings. The molecule has 0 unspecified atom stereocenters. The van der Waals surface area contributed by atoms with Crippen LogP contribution in [-0.2, 0) is 37.1 Å². The molecular weight excluding hydrogens is 379 g/mol. The van der Waals surface area contributed by atoms with E-state index in [4.69, 9.17) is 0 Å². The first-order valence-corrected chi connectivity index (χ1v) is 10.3. The molecule has 25 heavy (non-hydrogen) atoms. The summed E-state index contributed by atoms with van der Waals surface area (Å²) in [4.78, 5) is 0. The molecule has 0 bridgehead atoms. The van der Waals surface area contributed by atoms with Crippen molar-refractivity contribution in [3.8, 4) is 0 Å². The summed E-state index contributed by atoms with van der Waals surface area (Å²) >= 11 is 1.46. The van der Waals surface area contributed by atoms with Crippen LogP contribution in [0.2, 0.25) is 0 Å². The third-order valence-electron chi connectivity index (χ3n) is 4.29.